The molecule has 8 heteroatoms. The van der Waals surface area contributed by atoms with Crippen molar-refractivity contribution in [1.29, 1.82) is 0 Å². The number of aromatic carboxylic acids is 1. The van der Waals surface area contributed by atoms with Crippen LogP contribution in [-0.4, -0.2) is 32.7 Å². The Balaban J connectivity index is 2.01. The van der Waals surface area contributed by atoms with Gasteiger partial charge in [0.2, 0.25) is 0 Å². The first-order valence-corrected chi connectivity index (χ1v) is 9.26. The van der Waals surface area contributed by atoms with Gasteiger partial charge in [0.1, 0.15) is 15.6 Å². The molecular formula is C19H20N4O3S. The number of rotatable bonds is 6. The average molecular weight is 384 g/mol. The van der Waals surface area contributed by atoms with Gasteiger partial charge in [0, 0.05) is 12.6 Å². The number of aromatic nitrogens is 2. The fraction of sp³-hybridized carbons (Fsp3) is 0.211. The largest absolute Gasteiger partial charge is 0.477 e. The fourth-order valence-electron chi connectivity index (χ4n) is 2.66. The number of carbonyl (C=O) groups is 2. The molecule has 7 nitrogen and oxygen atoms in total. The van der Waals surface area contributed by atoms with Gasteiger partial charge in [-0.2, -0.15) is 0 Å². The van der Waals surface area contributed by atoms with E-state index in [-0.39, 0.29) is 10.8 Å². The van der Waals surface area contributed by atoms with Crippen molar-refractivity contribution in [3.05, 3.63) is 53.0 Å². The van der Waals surface area contributed by atoms with Gasteiger partial charge < -0.3 is 20.7 Å². The summed E-state index contributed by atoms with van der Waals surface area (Å²) in [6.07, 6.45) is 0.205. The van der Waals surface area contributed by atoms with E-state index in [2.05, 4.69) is 10.3 Å². The molecule has 1 amide bonds. The summed E-state index contributed by atoms with van der Waals surface area (Å²) in [5.74, 6) is -1.31. The van der Waals surface area contributed by atoms with E-state index in [0.717, 1.165) is 16.9 Å². The molecule has 0 aliphatic heterocycles. The zero-order valence-corrected chi connectivity index (χ0v) is 15.8. The van der Waals surface area contributed by atoms with Gasteiger partial charge in [-0.05, 0) is 18.6 Å². The number of carboxylic acid groups (broad SMARTS) is 1. The molecule has 3 aromatic rings. The van der Waals surface area contributed by atoms with Crippen LogP contribution in [0.2, 0.25) is 0 Å². The highest BCUT2D eigenvalue weighted by atomic mass is 32.1. The predicted molar refractivity (Wildman–Crippen MR) is 105 cm³/mol. The maximum absolute atomic E-state index is 12.4. The molecule has 0 spiro atoms. The summed E-state index contributed by atoms with van der Waals surface area (Å²) in [6.45, 7) is 1.88. The Morgan fingerprint density at radius 3 is 2.59 bits per heavy atom. The molecule has 0 saturated carbocycles. The molecule has 0 fully saturated rings. The molecule has 2 aromatic heterocycles. The van der Waals surface area contributed by atoms with Crippen LogP contribution in [0.3, 0.4) is 0 Å². The van der Waals surface area contributed by atoms with E-state index in [0.29, 0.717) is 28.5 Å². The number of amides is 1. The van der Waals surface area contributed by atoms with Crippen molar-refractivity contribution < 1.29 is 14.7 Å². The van der Waals surface area contributed by atoms with E-state index in [9.17, 15) is 14.7 Å². The van der Waals surface area contributed by atoms with Crippen LogP contribution in [0.4, 0.5) is 0 Å². The minimum Gasteiger partial charge on any atom is -0.477 e. The number of hydrogen-bond donors (Lipinski definition) is 3. The number of carboxylic acids is 1. The molecule has 1 atom stereocenters. The first kappa shape index (κ1) is 18.8. The second-order valence-electron chi connectivity index (χ2n) is 6.02. The van der Waals surface area contributed by atoms with E-state index in [1.165, 1.54) is 0 Å². The third-order valence-electron chi connectivity index (χ3n) is 4.20. The molecule has 140 valence electrons. The van der Waals surface area contributed by atoms with Crippen LogP contribution in [0.15, 0.2) is 42.5 Å². The Labute approximate surface area is 160 Å². The molecule has 0 aliphatic rings. The van der Waals surface area contributed by atoms with Crippen LogP contribution in [-0.2, 0) is 7.05 Å². The first-order chi connectivity index (χ1) is 12.9. The van der Waals surface area contributed by atoms with E-state index in [1.807, 2.05) is 37.3 Å². The summed E-state index contributed by atoms with van der Waals surface area (Å²) in [6, 6.07) is 12.6. The standard InChI is InChI=1S/C19H20N4O3S/c1-3-14(20)21-17(24)12-9-10-13(23(12)2)18-22-15(16(27-18)19(25)26)11-7-5-4-6-8-11/h4-10,14H,3,20H2,1-2H3,(H,21,24)(H,25,26). The molecule has 1 aromatic carbocycles. The fourth-order valence-corrected chi connectivity index (χ4v) is 3.65. The van der Waals surface area contributed by atoms with Crippen molar-refractivity contribution in [2.45, 2.75) is 19.5 Å². The van der Waals surface area contributed by atoms with Gasteiger partial charge >= 0.3 is 5.97 Å². The lowest BCUT2D eigenvalue weighted by Gasteiger charge is -2.12. The normalized spacial score (nSPS) is 12.0. The van der Waals surface area contributed by atoms with Crippen molar-refractivity contribution in [3.8, 4) is 22.0 Å². The highest BCUT2D eigenvalue weighted by Crippen LogP contribution is 2.34. The van der Waals surface area contributed by atoms with E-state index < -0.39 is 12.1 Å². The number of hydrogen-bond acceptors (Lipinski definition) is 5. The Kier molecular flexibility index (Phi) is 5.38. The maximum Gasteiger partial charge on any atom is 0.348 e. The van der Waals surface area contributed by atoms with Gasteiger partial charge in [-0.15, -0.1) is 11.3 Å². The van der Waals surface area contributed by atoms with Crippen LogP contribution in [0.1, 0.15) is 33.5 Å². The molecule has 0 saturated heterocycles. The maximum atomic E-state index is 12.4. The smallest absolute Gasteiger partial charge is 0.348 e. The van der Waals surface area contributed by atoms with Gasteiger partial charge in [0.05, 0.1) is 17.6 Å². The number of carbonyl (C=O) groups excluding carboxylic acids is 1. The zero-order chi connectivity index (χ0) is 19.6. The van der Waals surface area contributed by atoms with Crippen molar-refractivity contribution in [1.82, 2.24) is 14.9 Å². The SMILES string of the molecule is CCC(N)NC(=O)c1ccc(-c2nc(-c3ccccc3)c(C(=O)O)s2)n1C. The number of nitrogens with two attached hydrogens (primary N) is 1. The van der Waals surface area contributed by atoms with Crippen LogP contribution in [0, 0.1) is 0 Å². The minimum absolute atomic E-state index is 0.163. The number of nitrogens with zero attached hydrogens (tertiary/aromatic N) is 2. The lowest BCUT2D eigenvalue weighted by molar-refractivity contribution is 0.0702. The molecule has 27 heavy (non-hydrogen) atoms. The highest BCUT2D eigenvalue weighted by Gasteiger charge is 2.22. The zero-order valence-electron chi connectivity index (χ0n) is 15.0. The Morgan fingerprint density at radius 1 is 1.26 bits per heavy atom. The van der Waals surface area contributed by atoms with E-state index in [4.69, 9.17) is 5.73 Å². The Bertz CT molecular complexity index is 978. The van der Waals surface area contributed by atoms with E-state index in [1.54, 1.807) is 23.7 Å². The topological polar surface area (TPSA) is 110 Å². The predicted octanol–water partition coefficient (Wildman–Crippen LogP) is 2.94. The monoisotopic (exact) mass is 384 g/mol. The number of nitrogens with one attached hydrogen (secondary N) is 1. The average Bonchev–Trinajstić information content (AvgIpc) is 3.26. The summed E-state index contributed by atoms with van der Waals surface area (Å²) in [4.78, 5) is 28.7. The van der Waals surface area contributed by atoms with Crippen LogP contribution < -0.4 is 11.1 Å². The van der Waals surface area contributed by atoms with Gasteiger partial charge in [0.15, 0.2) is 0 Å². The summed E-state index contributed by atoms with van der Waals surface area (Å²) in [7, 11) is 1.74. The Hall–Kier alpha value is -2.97. The highest BCUT2D eigenvalue weighted by molar-refractivity contribution is 7.17. The number of thiazole rings is 1. The van der Waals surface area contributed by atoms with Gasteiger partial charge in [-0.1, -0.05) is 37.3 Å². The number of benzene rings is 1. The molecule has 0 bridgehead atoms. The quantitative estimate of drug-likeness (QED) is 0.566. The van der Waals surface area contributed by atoms with Gasteiger partial charge in [-0.3, -0.25) is 4.79 Å². The third-order valence-corrected chi connectivity index (χ3v) is 5.26. The molecule has 1 unspecified atom stereocenters. The summed E-state index contributed by atoms with van der Waals surface area (Å²) in [5.41, 5.74) is 8.04. The van der Waals surface area contributed by atoms with Crippen molar-refractivity contribution in [2.75, 3.05) is 0 Å². The molecule has 0 aliphatic carbocycles. The van der Waals surface area contributed by atoms with Crippen LogP contribution in [0.25, 0.3) is 22.0 Å². The molecule has 2 heterocycles. The van der Waals surface area contributed by atoms with Crippen LogP contribution >= 0.6 is 11.3 Å². The summed E-state index contributed by atoms with van der Waals surface area (Å²) >= 11 is 1.09. The minimum atomic E-state index is -1.03. The third kappa shape index (κ3) is 3.76. The Morgan fingerprint density at radius 2 is 1.96 bits per heavy atom. The molecule has 0 radical (unpaired) electrons. The lowest BCUT2D eigenvalue weighted by atomic mass is 10.1. The van der Waals surface area contributed by atoms with Crippen molar-refractivity contribution >= 4 is 23.2 Å². The first-order valence-electron chi connectivity index (χ1n) is 8.44. The summed E-state index contributed by atoms with van der Waals surface area (Å²) < 4.78 is 1.69. The second-order valence-corrected chi connectivity index (χ2v) is 7.02. The lowest BCUT2D eigenvalue weighted by Crippen LogP contribution is -2.41. The molecule has 4 N–H and O–H groups in total. The van der Waals surface area contributed by atoms with Crippen molar-refractivity contribution in [2.24, 2.45) is 12.8 Å². The van der Waals surface area contributed by atoms with Crippen LogP contribution in [0.5, 0.6) is 0 Å². The second kappa shape index (κ2) is 7.73. The molecule has 3 rings (SSSR count). The van der Waals surface area contributed by atoms with E-state index >= 15 is 0 Å². The molecular weight excluding hydrogens is 364 g/mol. The summed E-state index contributed by atoms with van der Waals surface area (Å²) in [5, 5.41) is 12.8. The van der Waals surface area contributed by atoms with Gasteiger partial charge in [-0.25, -0.2) is 9.78 Å². The van der Waals surface area contributed by atoms with Crippen molar-refractivity contribution in [3.63, 3.8) is 0 Å². The van der Waals surface area contributed by atoms with Gasteiger partial charge in [0.25, 0.3) is 5.91 Å².